The first kappa shape index (κ1) is 15.9. The van der Waals surface area contributed by atoms with Crippen molar-refractivity contribution < 1.29 is 9.90 Å². The Morgan fingerprint density at radius 1 is 1.39 bits per heavy atom. The average molecular weight is 505 g/mol. The zero-order valence-electron chi connectivity index (χ0n) is 12.2. The molecule has 4 nitrogen and oxygen atoms in total. The number of aliphatic carboxylic acids is 1. The predicted molar refractivity (Wildman–Crippen MR) is 101 cm³/mol. The number of carbonyl (C=O) groups is 1. The van der Waals surface area contributed by atoms with Crippen molar-refractivity contribution in [2.75, 3.05) is 13.6 Å². The van der Waals surface area contributed by atoms with Gasteiger partial charge < -0.3 is 10.1 Å². The van der Waals surface area contributed by atoms with Crippen molar-refractivity contribution in [2.24, 2.45) is 5.92 Å². The molecular formula is C16H13Br3N2O2. The predicted octanol–water partition coefficient (Wildman–Crippen LogP) is 4.41. The molecule has 0 fully saturated rings. The van der Waals surface area contributed by atoms with E-state index in [0.717, 1.165) is 36.6 Å². The number of fused-ring (bicyclic) bond motifs is 2. The number of rotatable bonds is 1. The van der Waals surface area contributed by atoms with Gasteiger partial charge in [0.05, 0.1) is 20.5 Å². The average Bonchev–Trinajstić information content (AvgIpc) is 2.83. The molecule has 0 saturated carbocycles. The fourth-order valence-corrected chi connectivity index (χ4v) is 5.10. The van der Waals surface area contributed by atoms with Crippen LogP contribution in [0, 0.1) is 5.92 Å². The van der Waals surface area contributed by atoms with E-state index in [2.05, 4.69) is 63.7 Å². The van der Waals surface area contributed by atoms with Crippen LogP contribution in [0.2, 0.25) is 0 Å². The molecule has 4 rings (SSSR count). The normalized spacial score (nSPS) is 23.7. The summed E-state index contributed by atoms with van der Waals surface area (Å²) in [5.41, 5.74) is 4.52. The first-order chi connectivity index (χ1) is 10.9. The van der Waals surface area contributed by atoms with Crippen LogP contribution in [-0.2, 0) is 11.2 Å². The molecule has 2 atom stereocenters. The summed E-state index contributed by atoms with van der Waals surface area (Å²) in [6.45, 7) is 0.543. The largest absolute Gasteiger partial charge is 0.481 e. The highest BCUT2D eigenvalue weighted by atomic mass is 79.9. The van der Waals surface area contributed by atoms with Gasteiger partial charge in [-0.3, -0.25) is 9.69 Å². The molecule has 0 radical (unpaired) electrons. The van der Waals surface area contributed by atoms with E-state index in [9.17, 15) is 9.90 Å². The standard InChI is InChI=1S/C16H13Br3N2O2/c1-21-5-6(16(22)23)2-7-8-3-10(17)13(18)14-12(8)9(4-11(7)21)15(19)20-14/h2-3,6,11,20H,4-5H2,1H3,(H,22,23)/t6-,11-/m1/s1. The zero-order chi connectivity index (χ0) is 16.5. The summed E-state index contributed by atoms with van der Waals surface area (Å²) in [6.07, 6.45) is 2.81. The van der Waals surface area contributed by atoms with Crippen molar-refractivity contribution in [3.8, 4) is 0 Å². The van der Waals surface area contributed by atoms with Crippen LogP contribution in [-0.4, -0.2) is 40.6 Å². The van der Waals surface area contributed by atoms with Gasteiger partial charge in [0.15, 0.2) is 0 Å². The zero-order valence-corrected chi connectivity index (χ0v) is 16.9. The van der Waals surface area contributed by atoms with Gasteiger partial charge in [-0.15, -0.1) is 0 Å². The van der Waals surface area contributed by atoms with Crippen LogP contribution >= 0.6 is 47.8 Å². The fourth-order valence-electron chi connectivity index (χ4n) is 3.70. The van der Waals surface area contributed by atoms with Crippen molar-refractivity contribution in [1.82, 2.24) is 9.88 Å². The third-order valence-electron chi connectivity index (χ3n) is 4.80. The van der Waals surface area contributed by atoms with Crippen molar-refractivity contribution in [2.45, 2.75) is 12.5 Å². The maximum Gasteiger partial charge on any atom is 0.311 e. The van der Waals surface area contributed by atoms with Gasteiger partial charge in [0.25, 0.3) is 0 Å². The Labute approximate surface area is 158 Å². The highest BCUT2D eigenvalue weighted by Crippen LogP contribution is 2.47. The monoisotopic (exact) mass is 502 g/mol. The molecule has 0 saturated heterocycles. The molecule has 0 unspecified atom stereocenters. The molecule has 0 bridgehead atoms. The molecule has 120 valence electrons. The van der Waals surface area contributed by atoms with E-state index in [4.69, 9.17) is 0 Å². The summed E-state index contributed by atoms with van der Waals surface area (Å²) in [5, 5.41) is 10.6. The molecule has 0 spiro atoms. The molecule has 1 aromatic carbocycles. The molecular weight excluding hydrogens is 492 g/mol. The number of aromatic nitrogens is 1. The van der Waals surface area contributed by atoms with Crippen LogP contribution in [0.3, 0.4) is 0 Å². The second kappa shape index (κ2) is 5.44. The molecule has 2 aliphatic rings. The summed E-state index contributed by atoms with van der Waals surface area (Å²) in [4.78, 5) is 17.0. The number of halogens is 3. The summed E-state index contributed by atoms with van der Waals surface area (Å²) in [7, 11) is 2.00. The topological polar surface area (TPSA) is 56.3 Å². The minimum absolute atomic E-state index is 0.210. The quantitative estimate of drug-likeness (QED) is 0.605. The van der Waals surface area contributed by atoms with Crippen LogP contribution in [0.5, 0.6) is 0 Å². The van der Waals surface area contributed by atoms with Crippen LogP contribution in [0.4, 0.5) is 0 Å². The molecule has 0 amide bonds. The molecule has 1 aliphatic heterocycles. The summed E-state index contributed by atoms with van der Waals surface area (Å²) >= 11 is 10.9. The van der Waals surface area contributed by atoms with Gasteiger partial charge in [-0.2, -0.15) is 0 Å². The van der Waals surface area contributed by atoms with Crippen LogP contribution in [0.25, 0.3) is 16.5 Å². The van der Waals surface area contributed by atoms with E-state index < -0.39 is 11.9 Å². The lowest BCUT2D eigenvalue weighted by molar-refractivity contribution is -0.140. The maximum absolute atomic E-state index is 11.5. The number of carboxylic acids is 1. The highest BCUT2D eigenvalue weighted by Gasteiger charge is 2.37. The summed E-state index contributed by atoms with van der Waals surface area (Å²) in [6, 6.07) is 2.30. The van der Waals surface area contributed by atoms with Gasteiger partial charge in [-0.05, 0) is 84.0 Å². The Hall–Kier alpha value is -0.630. The number of nitrogens with zero attached hydrogens (tertiary/aromatic N) is 1. The van der Waals surface area contributed by atoms with Crippen LogP contribution in [0.15, 0.2) is 25.7 Å². The maximum atomic E-state index is 11.5. The van der Waals surface area contributed by atoms with Gasteiger partial charge in [0.1, 0.15) is 0 Å². The Balaban J connectivity index is 2.04. The number of likely N-dealkylation sites (N-methyl/N-ethyl adjacent to an activating group) is 1. The van der Waals surface area contributed by atoms with E-state index in [0.29, 0.717) is 6.54 Å². The Bertz CT molecular complexity index is 887. The Morgan fingerprint density at radius 3 is 2.83 bits per heavy atom. The van der Waals surface area contributed by atoms with Crippen molar-refractivity contribution in [3.05, 3.63) is 36.8 Å². The molecule has 1 aromatic heterocycles. The van der Waals surface area contributed by atoms with Gasteiger partial charge >= 0.3 is 5.97 Å². The molecule has 7 heteroatoms. The van der Waals surface area contributed by atoms with E-state index >= 15 is 0 Å². The summed E-state index contributed by atoms with van der Waals surface area (Å²) < 4.78 is 2.95. The fraction of sp³-hybridized carbons (Fsp3) is 0.312. The van der Waals surface area contributed by atoms with Crippen LogP contribution in [0.1, 0.15) is 11.1 Å². The number of H-pyrrole nitrogens is 1. The number of aromatic amines is 1. The smallest absolute Gasteiger partial charge is 0.311 e. The van der Waals surface area contributed by atoms with Crippen LogP contribution < -0.4 is 0 Å². The van der Waals surface area contributed by atoms with E-state index in [1.54, 1.807) is 0 Å². The van der Waals surface area contributed by atoms with Crippen molar-refractivity contribution in [3.63, 3.8) is 0 Å². The summed E-state index contributed by atoms with van der Waals surface area (Å²) in [5.74, 6) is -1.23. The first-order valence-electron chi connectivity index (χ1n) is 7.21. The minimum Gasteiger partial charge on any atom is -0.481 e. The molecule has 1 aliphatic carbocycles. The second-order valence-electron chi connectivity index (χ2n) is 6.11. The molecule has 2 heterocycles. The number of carboxylic acid groups (broad SMARTS) is 1. The van der Waals surface area contributed by atoms with Crippen molar-refractivity contribution >= 4 is 70.2 Å². The number of benzene rings is 1. The Kier molecular flexibility index (Phi) is 3.75. The lowest BCUT2D eigenvalue weighted by Gasteiger charge is -2.39. The van der Waals surface area contributed by atoms with Gasteiger partial charge in [-0.1, -0.05) is 6.08 Å². The first-order valence-corrected chi connectivity index (χ1v) is 9.59. The second-order valence-corrected chi connectivity index (χ2v) is 8.55. The third kappa shape index (κ3) is 2.27. The van der Waals surface area contributed by atoms with E-state index in [1.165, 1.54) is 10.9 Å². The lowest BCUT2D eigenvalue weighted by Crippen LogP contribution is -2.44. The molecule has 2 N–H and O–H groups in total. The van der Waals surface area contributed by atoms with Gasteiger partial charge in [0.2, 0.25) is 0 Å². The Morgan fingerprint density at radius 2 is 2.13 bits per heavy atom. The third-order valence-corrected chi connectivity index (χ3v) is 7.46. The number of hydrogen-bond acceptors (Lipinski definition) is 2. The van der Waals surface area contributed by atoms with Gasteiger partial charge in [-0.25, -0.2) is 0 Å². The number of hydrogen-bond donors (Lipinski definition) is 2. The highest BCUT2D eigenvalue weighted by molar-refractivity contribution is 9.13. The minimum atomic E-state index is -0.767. The van der Waals surface area contributed by atoms with Crippen molar-refractivity contribution in [1.29, 1.82) is 0 Å². The van der Waals surface area contributed by atoms with Gasteiger partial charge in [0, 0.05) is 22.4 Å². The molecule has 2 aromatic rings. The molecule has 23 heavy (non-hydrogen) atoms. The van der Waals surface area contributed by atoms with E-state index in [1.807, 2.05) is 13.1 Å². The van der Waals surface area contributed by atoms with E-state index in [-0.39, 0.29) is 6.04 Å². The number of nitrogens with one attached hydrogen (secondary N) is 1. The SMILES string of the molecule is CN1C[C@H](C(=O)O)C=C2c3cc(Br)c(Br)c4[nH]c(Br)c(c34)C[C@H]21. The lowest BCUT2D eigenvalue weighted by atomic mass is 9.80.